The molecule has 5 heteroatoms. The van der Waals surface area contributed by atoms with Crippen LogP contribution in [0.15, 0.2) is 70.2 Å². The van der Waals surface area contributed by atoms with Crippen LogP contribution in [0.5, 0.6) is 0 Å². The van der Waals surface area contributed by atoms with Crippen LogP contribution in [0.2, 0.25) is 0 Å². The summed E-state index contributed by atoms with van der Waals surface area (Å²) in [5.74, 6) is 0.719. The molecule has 0 radical (unpaired) electrons. The first-order valence-corrected chi connectivity index (χ1v) is 7.28. The first-order chi connectivity index (χ1) is 10.7. The number of hydrogen-bond donors (Lipinski definition) is 2. The summed E-state index contributed by atoms with van der Waals surface area (Å²) >= 11 is 5.21. The monoisotopic (exact) mass is 309 g/mol. The van der Waals surface area contributed by atoms with E-state index in [-0.39, 0.29) is 0 Å². The number of hydrogen-bond acceptors (Lipinski definition) is 3. The standard InChI is InChI=1S/C17H15N3OS/c1-12(16-11-13-7-5-6-10-15(13)21-16)19-20-17(22)18-14-8-3-2-4-9-14/h2-11H,1H3,(H2,18,20,22)/b19-12+. The number of furan rings is 1. The molecular weight excluding hydrogens is 294 g/mol. The maximum absolute atomic E-state index is 5.75. The third kappa shape index (κ3) is 3.32. The van der Waals surface area contributed by atoms with Crippen LogP contribution in [0.25, 0.3) is 11.0 Å². The lowest BCUT2D eigenvalue weighted by Crippen LogP contribution is -2.24. The molecule has 1 aromatic heterocycles. The summed E-state index contributed by atoms with van der Waals surface area (Å²) in [6.45, 7) is 1.87. The molecule has 4 nitrogen and oxygen atoms in total. The summed E-state index contributed by atoms with van der Waals surface area (Å²) in [7, 11) is 0. The SMILES string of the molecule is C/C(=N\NC(=S)Nc1ccccc1)c1cc2ccccc2o1. The van der Waals surface area contributed by atoms with Crippen LogP contribution in [-0.2, 0) is 0 Å². The lowest BCUT2D eigenvalue weighted by molar-refractivity contribution is 0.603. The number of anilines is 1. The van der Waals surface area contributed by atoms with Crippen molar-refractivity contribution in [2.45, 2.75) is 6.92 Å². The Bertz CT molecular complexity index is 791. The number of hydrazone groups is 1. The molecule has 22 heavy (non-hydrogen) atoms. The lowest BCUT2D eigenvalue weighted by atomic mass is 10.2. The van der Waals surface area contributed by atoms with Crippen molar-refractivity contribution in [1.82, 2.24) is 5.43 Å². The first-order valence-electron chi connectivity index (χ1n) is 6.87. The van der Waals surface area contributed by atoms with Crippen LogP contribution >= 0.6 is 12.2 Å². The Morgan fingerprint density at radius 2 is 1.77 bits per heavy atom. The van der Waals surface area contributed by atoms with E-state index in [9.17, 15) is 0 Å². The normalized spacial score (nSPS) is 11.4. The van der Waals surface area contributed by atoms with E-state index in [4.69, 9.17) is 16.6 Å². The van der Waals surface area contributed by atoms with Gasteiger partial charge >= 0.3 is 0 Å². The molecule has 0 spiro atoms. The summed E-state index contributed by atoms with van der Waals surface area (Å²) < 4.78 is 5.75. The van der Waals surface area contributed by atoms with E-state index < -0.39 is 0 Å². The van der Waals surface area contributed by atoms with Gasteiger partial charge in [0.25, 0.3) is 0 Å². The zero-order chi connectivity index (χ0) is 15.4. The van der Waals surface area contributed by atoms with E-state index in [0.717, 1.165) is 28.1 Å². The third-order valence-corrected chi connectivity index (χ3v) is 3.33. The van der Waals surface area contributed by atoms with Gasteiger partial charge in [-0.3, -0.25) is 5.43 Å². The Morgan fingerprint density at radius 3 is 2.55 bits per heavy atom. The van der Waals surface area contributed by atoms with Crippen molar-refractivity contribution < 1.29 is 4.42 Å². The zero-order valence-corrected chi connectivity index (χ0v) is 12.9. The van der Waals surface area contributed by atoms with E-state index in [2.05, 4.69) is 15.8 Å². The molecule has 0 bridgehead atoms. The number of para-hydroxylation sites is 2. The Balaban J connectivity index is 1.68. The maximum atomic E-state index is 5.75. The van der Waals surface area contributed by atoms with Crippen LogP contribution in [0.4, 0.5) is 5.69 Å². The highest BCUT2D eigenvalue weighted by Gasteiger charge is 2.06. The molecule has 110 valence electrons. The van der Waals surface area contributed by atoms with Crippen molar-refractivity contribution in [3.63, 3.8) is 0 Å². The topological polar surface area (TPSA) is 49.6 Å². The van der Waals surface area contributed by atoms with Crippen molar-refractivity contribution >= 4 is 39.7 Å². The average Bonchev–Trinajstić information content (AvgIpc) is 2.98. The number of nitrogens with zero attached hydrogens (tertiary/aromatic N) is 1. The highest BCUT2D eigenvalue weighted by Crippen LogP contribution is 2.19. The second-order valence-corrected chi connectivity index (χ2v) is 5.19. The Hall–Kier alpha value is -2.66. The van der Waals surface area contributed by atoms with Gasteiger partial charge in [0.2, 0.25) is 0 Å². The van der Waals surface area contributed by atoms with Crippen molar-refractivity contribution in [2.24, 2.45) is 5.10 Å². The Labute approximate surface area is 133 Å². The predicted octanol–water partition coefficient (Wildman–Crippen LogP) is 4.14. The minimum atomic E-state index is 0.432. The molecule has 0 fully saturated rings. The third-order valence-electron chi connectivity index (χ3n) is 3.14. The summed E-state index contributed by atoms with van der Waals surface area (Å²) in [5, 5.41) is 8.80. The highest BCUT2D eigenvalue weighted by molar-refractivity contribution is 7.80. The minimum Gasteiger partial charge on any atom is -0.455 e. The molecule has 0 saturated heterocycles. The van der Waals surface area contributed by atoms with E-state index in [1.54, 1.807) is 0 Å². The lowest BCUT2D eigenvalue weighted by Gasteiger charge is -2.06. The molecular formula is C17H15N3OS. The van der Waals surface area contributed by atoms with Crippen molar-refractivity contribution in [3.8, 4) is 0 Å². The number of rotatable bonds is 3. The zero-order valence-electron chi connectivity index (χ0n) is 12.0. The smallest absolute Gasteiger partial charge is 0.191 e. The quantitative estimate of drug-likeness (QED) is 0.434. The molecule has 3 rings (SSSR count). The van der Waals surface area contributed by atoms with Gasteiger partial charge in [-0.1, -0.05) is 36.4 Å². The van der Waals surface area contributed by atoms with Gasteiger partial charge in [0.15, 0.2) is 10.9 Å². The Kier molecular flexibility index (Phi) is 4.16. The first kappa shape index (κ1) is 14.3. The van der Waals surface area contributed by atoms with Crippen molar-refractivity contribution in [2.75, 3.05) is 5.32 Å². The fraction of sp³-hybridized carbons (Fsp3) is 0.0588. The van der Waals surface area contributed by atoms with Crippen LogP contribution in [0.1, 0.15) is 12.7 Å². The second-order valence-electron chi connectivity index (χ2n) is 4.78. The molecule has 0 aliphatic heterocycles. The van der Waals surface area contributed by atoms with E-state index >= 15 is 0 Å². The predicted molar refractivity (Wildman–Crippen MR) is 94.2 cm³/mol. The average molecular weight is 309 g/mol. The number of nitrogens with one attached hydrogen (secondary N) is 2. The molecule has 3 aromatic rings. The molecule has 1 heterocycles. The van der Waals surface area contributed by atoms with Crippen LogP contribution in [0, 0.1) is 0 Å². The van der Waals surface area contributed by atoms with Gasteiger partial charge in [0, 0.05) is 11.1 Å². The molecule has 0 aliphatic rings. The van der Waals surface area contributed by atoms with Crippen molar-refractivity contribution in [3.05, 3.63) is 66.4 Å². The molecule has 0 atom stereocenters. The molecule has 2 N–H and O–H groups in total. The van der Waals surface area contributed by atoms with Gasteiger partial charge in [0.1, 0.15) is 11.3 Å². The fourth-order valence-electron chi connectivity index (χ4n) is 2.03. The molecule has 0 amide bonds. The molecule has 0 aliphatic carbocycles. The molecule has 2 aromatic carbocycles. The fourth-order valence-corrected chi connectivity index (χ4v) is 2.19. The summed E-state index contributed by atoms with van der Waals surface area (Å²) in [6, 6.07) is 19.5. The van der Waals surface area contributed by atoms with E-state index in [1.165, 1.54) is 0 Å². The van der Waals surface area contributed by atoms with Gasteiger partial charge in [-0.15, -0.1) is 0 Å². The van der Waals surface area contributed by atoms with Gasteiger partial charge in [0.05, 0.1) is 0 Å². The minimum absolute atomic E-state index is 0.432. The molecule has 0 saturated carbocycles. The van der Waals surface area contributed by atoms with Gasteiger partial charge in [-0.2, -0.15) is 5.10 Å². The van der Waals surface area contributed by atoms with E-state index in [1.807, 2.05) is 67.6 Å². The largest absolute Gasteiger partial charge is 0.455 e. The number of thiocarbonyl (C=S) groups is 1. The van der Waals surface area contributed by atoms with Gasteiger partial charge < -0.3 is 9.73 Å². The summed E-state index contributed by atoms with van der Waals surface area (Å²) in [4.78, 5) is 0. The summed E-state index contributed by atoms with van der Waals surface area (Å²) in [6.07, 6.45) is 0. The van der Waals surface area contributed by atoms with Gasteiger partial charge in [-0.25, -0.2) is 0 Å². The molecule has 0 unspecified atom stereocenters. The summed E-state index contributed by atoms with van der Waals surface area (Å²) in [5.41, 5.74) is 5.31. The van der Waals surface area contributed by atoms with Gasteiger partial charge in [-0.05, 0) is 43.4 Å². The van der Waals surface area contributed by atoms with Crippen LogP contribution in [0.3, 0.4) is 0 Å². The van der Waals surface area contributed by atoms with E-state index in [0.29, 0.717) is 5.11 Å². The van der Waals surface area contributed by atoms with Crippen molar-refractivity contribution in [1.29, 1.82) is 0 Å². The number of benzene rings is 2. The highest BCUT2D eigenvalue weighted by atomic mass is 32.1. The second kappa shape index (κ2) is 6.41. The Morgan fingerprint density at radius 1 is 1.05 bits per heavy atom. The van der Waals surface area contributed by atoms with Crippen LogP contribution in [-0.4, -0.2) is 10.8 Å². The number of fused-ring (bicyclic) bond motifs is 1. The maximum Gasteiger partial charge on any atom is 0.191 e. The van der Waals surface area contributed by atoms with Crippen LogP contribution < -0.4 is 10.7 Å².